The summed E-state index contributed by atoms with van der Waals surface area (Å²) >= 11 is 0. The van der Waals surface area contributed by atoms with E-state index in [1.807, 2.05) is 0 Å². The second kappa shape index (κ2) is 7.86. The number of ether oxygens (including phenoxy) is 2. The number of carbonyl (C=O) groups is 1. The molecule has 4 atom stereocenters. The Labute approximate surface area is 188 Å². The lowest BCUT2D eigenvalue weighted by Crippen LogP contribution is -2.46. The van der Waals surface area contributed by atoms with Gasteiger partial charge in [0.15, 0.2) is 22.9 Å². The van der Waals surface area contributed by atoms with Crippen LogP contribution in [0.1, 0.15) is 47.7 Å². The maximum atomic E-state index is 14.5. The number of aromatic nitrogens is 3. The van der Waals surface area contributed by atoms with E-state index in [2.05, 4.69) is 15.0 Å². The zero-order chi connectivity index (χ0) is 25.2. The summed E-state index contributed by atoms with van der Waals surface area (Å²) in [5.41, 5.74) is 1.62. The van der Waals surface area contributed by atoms with Crippen molar-refractivity contribution in [1.82, 2.24) is 15.0 Å². The van der Waals surface area contributed by atoms with Crippen LogP contribution in [0.25, 0.3) is 11.0 Å². The summed E-state index contributed by atoms with van der Waals surface area (Å²) in [5, 5.41) is 0. The number of fused-ring (bicyclic) bond motifs is 1. The Balaban J connectivity index is 1.96. The molecule has 3 N–H and O–H groups in total. The fourth-order valence-corrected chi connectivity index (χ4v) is 4.36. The maximum absolute atomic E-state index is 14.5. The third-order valence-electron chi connectivity index (χ3n) is 6.27. The minimum absolute atomic E-state index is 0.0656. The lowest BCUT2D eigenvalue weighted by atomic mass is 9.77. The molecule has 1 saturated heterocycles. The third kappa shape index (κ3) is 3.45. The normalized spacial score (nSPS) is 25.1. The van der Waals surface area contributed by atoms with Crippen molar-refractivity contribution in [2.45, 2.75) is 37.6 Å². The van der Waals surface area contributed by atoms with Crippen LogP contribution in [0.3, 0.4) is 0 Å². The smallest absolute Gasteiger partial charge is 0.417 e. The van der Waals surface area contributed by atoms with Gasteiger partial charge < -0.3 is 20.2 Å². The first kappa shape index (κ1) is 23.8. The van der Waals surface area contributed by atoms with E-state index in [0.717, 1.165) is 32.2 Å². The molecule has 1 aliphatic heterocycles. The summed E-state index contributed by atoms with van der Waals surface area (Å²) in [5.74, 6) is -8.20. The van der Waals surface area contributed by atoms with Crippen molar-refractivity contribution < 1.29 is 40.6 Å². The highest BCUT2D eigenvalue weighted by Crippen LogP contribution is 2.59. The quantitative estimate of drug-likeness (QED) is 0.421. The summed E-state index contributed by atoms with van der Waals surface area (Å²) in [7, 11) is 1.05. The van der Waals surface area contributed by atoms with Gasteiger partial charge in [-0.1, -0.05) is 13.0 Å². The van der Waals surface area contributed by atoms with Gasteiger partial charge in [0.25, 0.3) is 5.91 Å². The lowest BCUT2D eigenvalue weighted by Gasteiger charge is -2.32. The topological polar surface area (TPSA) is 103 Å². The van der Waals surface area contributed by atoms with Crippen molar-refractivity contribution in [3.63, 3.8) is 0 Å². The van der Waals surface area contributed by atoms with Crippen molar-refractivity contribution in [2.24, 2.45) is 11.7 Å². The molecule has 3 heterocycles. The van der Waals surface area contributed by atoms with E-state index < -0.39 is 64.6 Å². The lowest BCUT2D eigenvalue weighted by molar-refractivity contribution is -0.275. The van der Waals surface area contributed by atoms with Crippen LogP contribution in [0.15, 0.2) is 18.2 Å². The second-order valence-electron chi connectivity index (χ2n) is 8.12. The minimum Gasteiger partial charge on any atom is -0.493 e. The number of carbonyl (C=O) groups excluding carboxylic acids is 1. The fraction of sp³-hybridized carbons (Fsp3) is 0.381. The summed E-state index contributed by atoms with van der Waals surface area (Å²) in [6.45, 7) is 2.08. The SMILES string of the molecule is COc1c([C@H]2[C@H](c3nc4c(C(N)=O)nc(F)cc4[nH]3)O[C@@](C)(C(F)(F)F)[C@H]2C)ccc(F)c1F. The third-order valence-corrected chi connectivity index (χ3v) is 6.27. The Morgan fingerprint density at radius 1 is 1.24 bits per heavy atom. The number of primary amides is 1. The van der Waals surface area contributed by atoms with E-state index in [1.54, 1.807) is 0 Å². The number of alkyl halides is 3. The average Bonchev–Trinajstić information content (AvgIpc) is 3.28. The Bertz CT molecular complexity index is 1290. The van der Waals surface area contributed by atoms with E-state index >= 15 is 0 Å². The van der Waals surface area contributed by atoms with Crippen LogP contribution in [0.5, 0.6) is 5.75 Å². The number of aromatic amines is 1. The molecule has 1 fully saturated rings. The zero-order valence-corrected chi connectivity index (χ0v) is 17.9. The predicted molar refractivity (Wildman–Crippen MR) is 105 cm³/mol. The fourth-order valence-electron chi connectivity index (χ4n) is 4.36. The standard InChI is InChI=1S/C21H18F6N4O3/c1-7-12(8-4-5-9(22)13(24)16(8)33-3)17(34-20(7,2)21(25,26)27)19-29-10-6-11(23)30-15(18(28)32)14(10)31-19/h4-7,12,17H,1-3H3,(H2,28,32)(H,29,31)/t7-,12-,17+,20+/m0/s1. The molecule has 13 heteroatoms. The zero-order valence-electron chi connectivity index (χ0n) is 17.9. The summed E-state index contributed by atoms with van der Waals surface area (Å²) in [4.78, 5) is 21.9. The van der Waals surface area contributed by atoms with E-state index in [0.29, 0.717) is 0 Å². The molecule has 0 saturated carbocycles. The molecule has 0 radical (unpaired) electrons. The van der Waals surface area contributed by atoms with Crippen molar-refractivity contribution in [2.75, 3.05) is 7.11 Å². The van der Waals surface area contributed by atoms with Crippen LogP contribution in [0.2, 0.25) is 0 Å². The number of imidazole rings is 1. The predicted octanol–water partition coefficient (Wildman–Crippen LogP) is 4.29. The van der Waals surface area contributed by atoms with Crippen LogP contribution < -0.4 is 10.5 Å². The molecule has 1 amide bonds. The van der Waals surface area contributed by atoms with E-state index in [9.17, 15) is 31.1 Å². The molecular weight excluding hydrogens is 470 g/mol. The molecular formula is C21H18F6N4O3. The first-order valence-electron chi connectivity index (χ1n) is 9.92. The van der Waals surface area contributed by atoms with Crippen molar-refractivity contribution in [1.29, 1.82) is 0 Å². The highest BCUT2D eigenvalue weighted by molar-refractivity contribution is 6.02. The summed E-state index contributed by atoms with van der Waals surface area (Å²) in [6.07, 6.45) is -6.36. The van der Waals surface area contributed by atoms with Gasteiger partial charge >= 0.3 is 6.18 Å². The van der Waals surface area contributed by atoms with Crippen LogP contribution in [-0.4, -0.2) is 39.7 Å². The monoisotopic (exact) mass is 488 g/mol. The molecule has 7 nitrogen and oxygen atoms in total. The molecule has 0 aliphatic carbocycles. The number of rotatable bonds is 4. The molecule has 1 aromatic carbocycles. The Morgan fingerprint density at radius 3 is 2.50 bits per heavy atom. The van der Waals surface area contributed by atoms with E-state index in [4.69, 9.17) is 15.2 Å². The van der Waals surface area contributed by atoms with Crippen LogP contribution in [-0.2, 0) is 4.74 Å². The molecule has 0 spiro atoms. The molecule has 0 unspecified atom stereocenters. The molecule has 4 rings (SSSR count). The second-order valence-corrected chi connectivity index (χ2v) is 8.12. The number of hydrogen-bond donors (Lipinski definition) is 2. The number of amides is 1. The molecule has 0 bridgehead atoms. The molecule has 34 heavy (non-hydrogen) atoms. The number of nitrogens with two attached hydrogens (primary N) is 1. The van der Waals surface area contributed by atoms with Crippen LogP contribution >= 0.6 is 0 Å². The van der Waals surface area contributed by atoms with Crippen LogP contribution in [0, 0.1) is 23.5 Å². The highest BCUT2D eigenvalue weighted by Gasteiger charge is 2.65. The molecule has 3 aromatic rings. The number of H-pyrrole nitrogens is 1. The van der Waals surface area contributed by atoms with Crippen molar-refractivity contribution in [3.05, 3.63) is 52.9 Å². The largest absolute Gasteiger partial charge is 0.493 e. The van der Waals surface area contributed by atoms with Gasteiger partial charge in [0.1, 0.15) is 17.4 Å². The van der Waals surface area contributed by atoms with Gasteiger partial charge in [-0.15, -0.1) is 0 Å². The van der Waals surface area contributed by atoms with Gasteiger partial charge in [-0.25, -0.2) is 14.4 Å². The van der Waals surface area contributed by atoms with Crippen LogP contribution in [0.4, 0.5) is 26.3 Å². The van der Waals surface area contributed by atoms with Gasteiger partial charge in [-0.05, 0) is 13.0 Å². The number of pyridine rings is 1. The number of methoxy groups -OCH3 is 1. The maximum Gasteiger partial charge on any atom is 0.417 e. The number of nitrogens with zero attached hydrogens (tertiary/aromatic N) is 2. The van der Waals surface area contributed by atoms with Gasteiger partial charge in [0.2, 0.25) is 11.8 Å². The number of hydrogen-bond acceptors (Lipinski definition) is 5. The number of halogens is 6. The average molecular weight is 488 g/mol. The molecule has 2 aromatic heterocycles. The molecule has 182 valence electrons. The van der Waals surface area contributed by atoms with Gasteiger partial charge in [0.05, 0.1) is 12.6 Å². The summed E-state index contributed by atoms with van der Waals surface area (Å²) < 4.78 is 94.9. The van der Waals surface area contributed by atoms with E-state index in [1.165, 1.54) is 6.92 Å². The van der Waals surface area contributed by atoms with Gasteiger partial charge in [-0.2, -0.15) is 22.0 Å². The number of nitrogens with one attached hydrogen (secondary N) is 1. The van der Waals surface area contributed by atoms with E-state index in [-0.39, 0.29) is 22.4 Å². The Morgan fingerprint density at radius 2 is 1.91 bits per heavy atom. The Hall–Kier alpha value is -3.35. The number of benzene rings is 1. The molecule has 1 aliphatic rings. The van der Waals surface area contributed by atoms with Crippen molar-refractivity contribution in [3.8, 4) is 5.75 Å². The van der Waals surface area contributed by atoms with Gasteiger partial charge in [-0.3, -0.25) is 4.79 Å². The van der Waals surface area contributed by atoms with Gasteiger partial charge in [0, 0.05) is 23.5 Å². The first-order chi connectivity index (χ1) is 15.8. The summed E-state index contributed by atoms with van der Waals surface area (Å²) in [6, 6.07) is 2.76. The van der Waals surface area contributed by atoms with Crippen molar-refractivity contribution >= 4 is 16.9 Å². The minimum atomic E-state index is -4.86. The highest BCUT2D eigenvalue weighted by atomic mass is 19.4. The Kier molecular flexibility index (Phi) is 5.50. The first-order valence-corrected chi connectivity index (χ1v) is 9.92.